The molecule has 0 atom stereocenters. The third-order valence-electron chi connectivity index (χ3n) is 2.03. The first-order valence-electron chi connectivity index (χ1n) is 4.68. The van der Waals surface area contributed by atoms with Crippen LogP contribution in [0.1, 0.15) is 50.9 Å². The summed E-state index contributed by atoms with van der Waals surface area (Å²) in [6.45, 7) is 8.03. The van der Waals surface area contributed by atoms with Gasteiger partial charge in [-0.25, -0.2) is 4.39 Å². The predicted octanol–water partition coefficient (Wildman–Crippen LogP) is 3.47. The maximum Gasteiger partial charge on any atom is 0.144 e. The molecule has 13 heavy (non-hydrogen) atoms. The van der Waals surface area contributed by atoms with E-state index in [1.165, 1.54) is 6.07 Å². The van der Waals surface area contributed by atoms with E-state index in [1.807, 2.05) is 13.8 Å². The van der Waals surface area contributed by atoms with E-state index in [4.69, 9.17) is 0 Å². The Hall–Kier alpha value is -0.920. The van der Waals surface area contributed by atoms with Crippen molar-refractivity contribution in [2.45, 2.75) is 39.5 Å². The first-order valence-corrected chi connectivity index (χ1v) is 4.68. The van der Waals surface area contributed by atoms with Crippen LogP contribution in [-0.2, 0) is 0 Å². The van der Waals surface area contributed by atoms with Crippen molar-refractivity contribution in [1.82, 2.24) is 4.98 Å². The Labute approximate surface area is 79.0 Å². The SMILES string of the molecule is CC(C)c1ccc(F)c(C(C)C)n1. The van der Waals surface area contributed by atoms with Crippen molar-refractivity contribution in [2.75, 3.05) is 0 Å². The van der Waals surface area contributed by atoms with Gasteiger partial charge in [-0.15, -0.1) is 0 Å². The van der Waals surface area contributed by atoms with Crippen LogP contribution in [0.2, 0.25) is 0 Å². The molecule has 2 heteroatoms. The summed E-state index contributed by atoms with van der Waals surface area (Å²) in [7, 11) is 0. The monoisotopic (exact) mass is 181 g/mol. The smallest absolute Gasteiger partial charge is 0.144 e. The highest BCUT2D eigenvalue weighted by Crippen LogP contribution is 2.19. The molecule has 0 unspecified atom stereocenters. The lowest BCUT2D eigenvalue weighted by Gasteiger charge is -2.10. The van der Waals surface area contributed by atoms with Crippen LogP contribution in [0.25, 0.3) is 0 Å². The molecule has 0 aliphatic rings. The van der Waals surface area contributed by atoms with Gasteiger partial charge >= 0.3 is 0 Å². The predicted molar refractivity (Wildman–Crippen MR) is 52.4 cm³/mol. The number of rotatable bonds is 2. The third-order valence-corrected chi connectivity index (χ3v) is 2.03. The lowest BCUT2D eigenvalue weighted by Crippen LogP contribution is -2.02. The van der Waals surface area contributed by atoms with Gasteiger partial charge in [0, 0.05) is 5.69 Å². The fraction of sp³-hybridized carbons (Fsp3) is 0.545. The van der Waals surface area contributed by atoms with Crippen LogP contribution in [0.4, 0.5) is 4.39 Å². The van der Waals surface area contributed by atoms with E-state index in [9.17, 15) is 4.39 Å². The Morgan fingerprint density at radius 2 is 1.69 bits per heavy atom. The highest BCUT2D eigenvalue weighted by Gasteiger charge is 2.10. The molecule has 1 rings (SSSR count). The molecular weight excluding hydrogens is 165 g/mol. The van der Waals surface area contributed by atoms with E-state index in [-0.39, 0.29) is 11.7 Å². The van der Waals surface area contributed by atoms with E-state index >= 15 is 0 Å². The molecule has 0 radical (unpaired) electrons. The molecule has 0 aliphatic carbocycles. The molecule has 0 aromatic carbocycles. The van der Waals surface area contributed by atoms with Crippen LogP contribution in [0, 0.1) is 5.82 Å². The highest BCUT2D eigenvalue weighted by atomic mass is 19.1. The number of hydrogen-bond acceptors (Lipinski definition) is 1. The molecule has 0 fully saturated rings. The summed E-state index contributed by atoms with van der Waals surface area (Å²) in [5.74, 6) is 0.316. The Morgan fingerprint density at radius 3 is 2.15 bits per heavy atom. The van der Waals surface area contributed by atoms with E-state index in [2.05, 4.69) is 18.8 Å². The minimum absolute atomic E-state index is 0.152. The first kappa shape index (κ1) is 10.2. The van der Waals surface area contributed by atoms with Crippen LogP contribution in [-0.4, -0.2) is 4.98 Å². The number of aromatic nitrogens is 1. The van der Waals surface area contributed by atoms with Gasteiger partial charge in [0.2, 0.25) is 0 Å². The van der Waals surface area contributed by atoms with Gasteiger partial charge in [-0.2, -0.15) is 0 Å². The normalized spacial score (nSPS) is 11.3. The topological polar surface area (TPSA) is 12.9 Å². The second kappa shape index (κ2) is 3.86. The molecule has 0 saturated carbocycles. The van der Waals surface area contributed by atoms with E-state index in [0.717, 1.165) is 5.69 Å². The van der Waals surface area contributed by atoms with Gasteiger partial charge in [0.05, 0.1) is 5.69 Å². The summed E-state index contributed by atoms with van der Waals surface area (Å²) in [6, 6.07) is 3.27. The molecule has 1 heterocycles. The molecule has 72 valence electrons. The second-order valence-corrected chi connectivity index (χ2v) is 3.91. The van der Waals surface area contributed by atoms with E-state index in [0.29, 0.717) is 11.6 Å². The molecule has 0 spiro atoms. The summed E-state index contributed by atoms with van der Waals surface area (Å²) in [5, 5.41) is 0. The van der Waals surface area contributed by atoms with Gasteiger partial charge in [-0.1, -0.05) is 27.7 Å². The largest absolute Gasteiger partial charge is 0.254 e. The molecule has 1 nitrogen and oxygen atoms in total. The quantitative estimate of drug-likeness (QED) is 0.680. The maximum absolute atomic E-state index is 13.2. The van der Waals surface area contributed by atoms with Crippen molar-refractivity contribution < 1.29 is 4.39 Å². The zero-order valence-electron chi connectivity index (χ0n) is 8.63. The van der Waals surface area contributed by atoms with Crippen molar-refractivity contribution in [3.05, 3.63) is 29.3 Å². The van der Waals surface area contributed by atoms with Crippen LogP contribution >= 0.6 is 0 Å². The molecular formula is C11H16FN. The molecule has 0 bridgehead atoms. The van der Waals surface area contributed by atoms with Crippen molar-refractivity contribution in [1.29, 1.82) is 0 Å². The molecule has 1 aromatic heterocycles. The average Bonchev–Trinajstić information content (AvgIpc) is 2.04. The standard InChI is InChI=1S/C11H16FN/c1-7(2)10-6-5-9(12)11(13-10)8(3)4/h5-8H,1-4H3. The number of nitrogens with zero attached hydrogens (tertiary/aromatic N) is 1. The van der Waals surface area contributed by atoms with Gasteiger partial charge in [0.25, 0.3) is 0 Å². The summed E-state index contributed by atoms with van der Waals surface area (Å²) in [6.07, 6.45) is 0. The number of pyridine rings is 1. The average molecular weight is 181 g/mol. The van der Waals surface area contributed by atoms with E-state index < -0.39 is 0 Å². The number of halogens is 1. The van der Waals surface area contributed by atoms with E-state index in [1.54, 1.807) is 6.07 Å². The van der Waals surface area contributed by atoms with Crippen LogP contribution in [0.5, 0.6) is 0 Å². The fourth-order valence-corrected chi connectivity index (χ4v) is 1.20. The van der Waals surface area contributed by atoms with Crippen molar-refractivity contribution in [3.63, 3.8) is 0 Å². The van der Waals surface area contributed by atoms with Crippen LogP contribution in [0.3, 0.4) is 0 Å². The van der Waals surface area contributed by atoms with Gasteiger partial charge in [-0.3, -0.25) is 4.98 Å². The first-order chi connectivity index (χ1) is 6.02. The molecule has 0 N–H and O–H groups in total. The van der Waals surface area contributed by atoms with Crippen LogP contribution < -0.4 is 0 Å². The van der Waals surface area contributed by atoms with Gasteiger partial charge in [0.1, 0.15) is 5.82 Å². The molecule has 1 aromatic rings. The van der Waals surface area contributed by atoms with Crippen molar-refractivity contribution in [2.24, 2.45) is 0 Å². The minimum Gasteiger partial charge on any atom is -0.254 e. The lowest BCUT2D eigenvalue weighted by atomic mass is 10.1. The molecule has 0 saturated heterocycles. The Kier molecular flexibility index (Phi) is 3.02. The summed E-state index contributed by atoms with van der Waals surface area (Å²) in [5.41, 5.74) is 1.54. The third kappa shape index (κ3) is 2.27. The summed E-state index contributed by atoms with van der Waals surface area (Å²) >= 11 is 0. The van der Waals surface area contributed by atoms with Crippen molar-refractivity contribution in [3.8, 4) is 0 Å². The molecule has 0 amide bonds. The summed E-state index contributed by atoms with van der Waals surface area (Å²) in [4.78, 5) is 4.30. The number of hydrogen-bond donors (Lipinski definition) is 0. The Bertz CT molecular complexity index is 292. The zero-order valence-corrected chi connectivity index (χ0v) is 8.63. The minimum atomic E-state index is -0.195. The Balaban J connectivity index is 3.11. The van der Waals surface area contributed by atoms with Crippen LogP contribution in [0.15, 0.2) is 12.1 Å². The second-order valence-electron chi connectivity index (χ2n) is 3.91. The summed E-state index contributed by atoms with van der Waals surface area (Å²) < 4.78 is 13.2. The fourth-order valence-electron chi connectivity index (χ4n) is 1.20. The zero-order chi connectivity index (χ0) is 10.0. The highest BCUT2D eigenvalue weighted by molar-refractivity contribution is 5.17. The van der Waals surface area contributed by atoms with Gasteiger partial charge < -0.3 is 0 Å². The maximum atomic E-state index is 13.2. The van der Waals surface area contributed by atoms with Gasteiger partial charge in [0.15, 0.2) is 0 Å². The van der Waals surface area contributed by atoms with Crippen molar-refractivity contribution >= 4 is 0 Å². The van der Waals surface area contributed by atoms with Gasteiger partial charge in [-0.05, 0) is 24.0 Å². The molecule has 0 aliphatic heterocycles. The Morgan fingerprint density at radius 1 is 1.08 bits per heavy atom. The lowest BCUT2D eigenvalue weighted by molar-refractivity contribution is 0.578.